The van der Waals surface area contributed by atoms with E-state index in [-0.39, 0.29) is 28.5 Å². The second-order valence-electron chi connectivity index (χ2n) is 3.28. The van der Waals surface area contributed by atoms with Crippen LogP contribution in [0.15, 0.2) is 6.07 Å². The van der Waals surface area contributed by atoms with Crippen LogP contribution in [0.3, 0.4) is 0 Å². The molecule has 1 heterocycles. The lowest BCUT2D eigenvalue weighted by atomic mass is 10.1. The largest absolute Gasteiger partial charge is 0.506 e. The van der Waals surface area contributed by atoms with Gasteiger partial charge >= 0.3 is 5.97 Å². The summed E-state index contributed by atoms with van der Waals surface area (Å²) in [6.45, 7) is 0.696. The van der Waals surface area contributed by atoms with E-state index in [0.717, 1.165) is 0 Å². The van der Waals surface area contributed by atoms with Gasteiger partial charge in [0.25, 0.3) is 0 Å². The second kappa shape index (κ2) is 4.09. The van der Waals surface area contributed by atoms with Crippen LogP contribution in [0.25, 0.3) is 0 Å². The van der Waals surface area contributed by atoms with E-state index >= 15 is 0 Å². The zero-order valence-electron chi connectivity index (χ0n) is 8.20. The Balaban J connectivity index is 2.54. The molecular weight excluding hydrogens is 236 g/mol. The van der Waals surface area contributed by atoms with Crippen molar-refractivity contribution in [2.75, 3.05) is 13.2 Å². The Bertz CT molecular complexity index is 443. The van der Waals surface area contributed by atoms with Crippen LogP contribution in [-0.2, 0) is 11.2 Å². The van der Waals surface area contributed by atoms with Crippen LogP contribution < -0.4 is 9.47 Å². The maximum atomic E-state index is 10.7. The van der Waals surface area contributed by atoms with Crippen molar-refractivity contribution in [2.24, 2.45) is 0 Å². The van der Waals surface area contributed by atoms with E-state index in [4.69, 9.17) is 26.2 Å². The van der Waals surface area contributed by atoms with E-state index in [1.54, 1.807) is 0 Å². The monoisotopic (exact) mass is 244 g/mol. The Morgan fingerprint density at radius 3 is 2.81 bits per heavy atom. The van der Waals surface area contributed by atoms with Crippen LogP contribution in [0.5, 0.6) is 17.2 Å². The van der Waals surface area contributed by atoms with E-state index in [1.165, 1.54) is 6.07 Å². The van der Waals surface area contributed by atoms with Gasteiger partial charge < -0.3 is 19.7 Å². The van der Waals surface area contributed by atoms with Crippen LogP contribution in [-0.4, -0.2) is 29.4 Å². The summed E-state index contributed by atoms with van der Waals surface area (Å²) in [4.78, 5) is 10.7. The predicted octanol–water partition coefficient (Wildman–Crippen LogP) is 1.44. The van der Waals surface area contributed by atoms with Gasteiger partial charge in [-0.05, 0) is 0 Å². The number of ether oxygens (including phenoxy) is 2. The highest BCUT2D eigenvalue weighted by Crippen LogP contribution is 2.43. The molecule has 0 saturated heterocycles. The summed E-state index contributed by atoms with van der Waals surface area (Å²) >= 11 is 5.76. The standard InChI is InChI=1S/C10H9ClO5/c11-6-4-7-10(16-2-1-15-7)5(9(6)14)3-8(12)13/h4,14H,1-3H2,(H,12,13). The summed E-state index contributed by atoms with van der Waals surface area (Å²) in [5.41, 5.74) is 0.148. The highest BCUT2D eigenvalue weighted by Gasteiger charge is 2.23. The lowest BCUT2D eigenvalue weighted by Gasteiger charge is -2.21. The Morgan fingerprint density at radius 1 is 1.44 bits per heavy atom. The highest BCUT2D eigenvalue weighted by atomic mass is 35.5. The molecule has 2 rings (SSSR count). The molecule has 0 spiro atoms. The van der Waals surface area contributed by atoms with Crippen molar-refractivity contribution in [2.45, 2.75) is 6.42 Å². The molecule has 0 atom stereocenters. The number of phenols is 1. The number of aliphatic carboxylic acids is 1. The molecule has 0 radical (unpaired) electrons. The first-order valence-corrected chi connectivity index (χ1v) is 4.99. The van der Waals surface area contributed by atoms with Crippen molar-refractivity contribution in [1.29, 1.82) is 0 Å². The average Bonchev–Trinajstić information content (AvgIpc) is 2.24. The van der Waals surface area contributed by atoms with Crippen LogP contribution in [0.4, 0.5) is 0 Å². The number of hydrogen-bond donors (Lipinski definition) is 2. The van der Waals surface area contributed by atoms with Gasteiger partial charge in [0.15, 0.2) is 11.5 Å². The number of halogens is 1. The van der Waals surface area contributed by atoms with E-state index in [1.807, 2.05) is 0 Å². The maximum Gasteiger partial charge on any atom is 0.308 e. The fraction of sp³-hybridized carbons (Fsp3) is 0.300. The Hall–Kier alpha value is -1.62. The van der Waals surface area contributed by atoms with Crippen LogP contribution in [0, 0.1) is 0 Å². The number of carboxylic acid groups (broad SMARTS) is 1. The first-order valence-electron chi connectivity index (χ1n) is 4.61. The fourth-order valence-electron chi connectivity index (χ4n) is 1.53. The van der Waals surface area contributed by atoms with Gasteiger partial charge in [-0.15, -0.1) is 0 Å². The quantitative estimate of drug-likeness (QED) is 0.823. The summed E-state index contributed by atoms with van der Waals surface area (Å²) < 4.78 is 10.6. The number of hydrogen-bond acceptors (Lipinski definition) is 4. The molecule has 6 heteroatoms. The summed E-state index contributed by atoms with van der Waals surface area (Å²) in [7, 11) is 0. The zero-order chi connectivity index (χ0) is 11.7. The molecule has 0 aliphatic carbocycles. The SMILES string of the molecule is O=C(O)Cc1c(O)c(Cl)cc2c1OCCO2. The van der Waals surface area contributed by atoms with Gasteiger partial charge in [0.2, 0.25) is 0 Å². The van der Waals surface area contributed by atoms with Crippen LogP contribution in [0.2, 0.25) is 5.02 Å². The molecule has 0 amide bonds. The molecule has 1 aromatic carbocycles. The van der Waals surface area contributed by atoms with Crippen molar-refractivity contribution in [3.05, 3.63) is 16.7 Å². The third-order valence-electron chi connectivity index (χ3n) is 2.18. The molecular formula is C10H9ClO5. The van der Waals surface area contributed by atoms with Gasteiger partial charge in [-0.1, -0.05) is 11.6 Å². The lowest BCUT2D eigenvalue weighted by Crippen LogP contribution is -2.17. The van der Waals surface area contributed by atoms with Crippen molar-refractivity contribution in [3.63, 3.8) is 0 Å². The molecule has 5 nitrogen and oxygen atoms in total. The number of phenolic OH excluding ortho intramolecular Hbond substituents is 1. The Labute approximate surface area is 96.2 Å². The molecule has 0 saturated carbocycles. The van der Waals surface area contributed by atoms with E-state index < -0.39 is 5.97 Å². The number of aromatic hydroxyl groups is 1. The van der Waals surface area contributed by atoms with Crippen LogP contribution >= 0.6 is 11.6 Å². The minimum Gasteiger partial charge on any atom is -0.506 e. The molecule has 0 bridgehead atoms. The average molecular weight is 245 g/mol. The van der Waals surface area contributed by atoms with E-state index in [9.17, 15) is 9.90 Å². The van der Waals surface area contributed by atoms with Crippen molar-refractivity contribution < 1.29 is 24.5 Å². The third kappa shape index (κ3) is 1.86. The van der Waals surface area contributed by atoms with Crippen LogP contribution in [0.1, 0.15) is 5.56 Å². The molecule has 0 unspecified atom stereocenters. The predicted molar refractivity (Wildman–Crippen MR) is 55.4 cm³/mol. The van der Waals surface area contributed by atoms with Gasteiger partial charge in [-0.3, -0.25) is 4.79 Å². The number of fused-ring (bicyclic) bond motifs is 1. The molecule has 0 fully saturated rings. The molecule has 1 aliphatic rings. The Kier molecular flexibility index (Phi) is 2.78. The summed E-state index contributed by atoms with van der Waals surface area (Å²) in [6.07, 6.45) is -0.363. The van der Waals surface area contributed by atoms with Crippen molar-refractivity contribution >= 4 is 17.6 Å². The van der Waals surface area contributed by atoms with Gasteiger partial charge in [-0.2, -0.15) is 0 Å². The van der Waals surface area contributed by atoms with Crippen molar-refractivity contribution in [1.82, 2.24) is 0 Å². The summed E-state index contributed by atoms with van der Waals surface area (Å²) in [5, 5.41) is 18.5. The molecule has 1 aromatic rings. The minimum atomic E-state index is -1.08. The molecule has 86 valence electrons. The number of carboxylic acids is 1. The van der Waals surface area contributed by atoms with Gasteiger partial charge in [0, 0.05) is 6.07 Å². The fourth-order valence-corrected chi connectivity index (χ4v) is 1.74. The third-order valence-corrected chi connectivity index (χ3v) is 2.47. The zero-order valence-corrected chi connectivity index (χ0v) is 8.95. The second-order valence-corrected chi connectivity index (χ2v) is 3.69. The van der Waals surface area contributed by atoms with Crippen molar-refractivity contribution in [3.8, 4) is 17.2 Å². The number of carbonyl (C=O) groups is 1. The van der Waals surface area contributed by atoms with Gasteiger partial charge in [0.05, 0.1) is 17.0 Å². The minimum absolute atomic E-state index is 0.0560. The maximum absolute atomic E-state index is 10.7. The van der Waals surface area contributed by atoms with Gasteiger partial charge in [0.1, 0.15) is 19.0 Å². The Morgan fingerprint density at radius 2 is 2.12 bits per heavy atom. The van der Waals surface area contributed by atoms with E-state index in [2.05, 4.69) is 0 Å². The molecule has 16 heavy (non-hydrogen) atoms. The number of rotatable bonds is 2. The lowest BCUT2D eigenvalue weighted by molar-refractivity contribution is -0.136. The smallest absolute Gasteiger partial charge is 0.308 e. The van der Waals surface area contributed by atoms with Gasteiger partial charge in [-0.25, -0.2) is 0 Å². The summed E-state index contributed by atoms with van der Waals surface area (Å²) in [5.74, 6) is -0.719. The molecule has 1 aliphatic heterocycles. The normalized spacial score (nSPS) is 13.6. The highest BCUT2D eigenvalue weighted by molar-refractivity contribution is 6.32. The van der Waals surface area contributed by atoms with E-state index in [0.29, 0.717) is 19.0 Å². The number of benzene rings is 1. The molecule has 2 N–H and O–H groups in total. The first-order chi connectivity index (χ1) is 7.59. The molecule has 0 aromatic heterocycles. The first kappa shape index (κ1) is 10.9. The topological polar surface area (TPSA) is 76.0 Å². The summed E-state index contributed by atoms with van der Waals surface area (Å²) in [6, 6.07) is 1.41.